The Morgan fingerprint density at radius 1 is 0.347 bits per heavy atom. The average molecular weight is 643 g/mol. The molecular formula is C45H29N3O. The maximum Gasteiger partial charge on any atom is 0.164 e. The van der Waals surface area contributed by atoms with Crippen LogP contribution in [0.5, 0.6) is 0 Å². The molecule has 0 amide bonds. The van der Waals surface area contributed by atoms with E-state index in [9.17, 15) is 2.74 Å². The van der Waals surface area contributed by atoms with Crippen molar-refractivity contribution in [2.24, 2.45) is 0 Å². The molecule has 0 saturated heterocycles. The minimum atomic E-state index is -0.833. The van der Waals surface area contributed by atoms with Gasteiger partial charge >= 0.3 is 0 Å². The van der Waals surface area contributed by atoms with E-state index < -0.39 is 118 Å². The molecule has 4 nitrogen and oxygen atoms in total. The standard InChI is InChI=1S/C45H29N3O/c1-3-9-30(10-4-1)31-19-23-36(24-20-31)44-46-43(35-11-5-2-6-12-35)47-45(48-44)37-25-21-33(22-26-37)32-15-17-34(18-16-32)38-27-28-42-40(29-38)39-13-7-8-14-41(39)49-42/h1-29H/i7D,8D,13D,14D,15D,16D,17D,18D,21D,22D,25D,26D,27D,28D,29D. The summed E-state index contributed by atoms with van der Waals surface area (Å²) < 4.78 is 139. The van der Waals surface area contributed by atoms with Gasteiger partial charge in [-0.3, -0.25) is 0 Å². The molecule has 9 rings (SSSR count). The number of hydrogen-bond acceptors (Lipinski definition) is 4. The van der Waals surface area contributed by atoms with Gasteiger partial charge in [-0.15, -0.1) is 0 Å². The molecule has 9 aromatic rings. The van der Waals surface area contributed by atoms with Crippen molar-refractivity contribution < 1.29 is 25.0 Å². The van der Waals surface area contributed by atoms with Crippen LogP contribution in [-0.2, 0) is 0 Å². The number of nitrogens with zero attached hydrogens (tertiary/aromatic N) is 3. The smallest absolute Gasteiger partial charge is 0.164 e. The summed E-state index contributed by atoms with van der Waals surface area (Å²) in [6.45, 7) is 0. The third-order valence-electron chi connectivity index (χ3n) is 7.78. The van der Waals surface area contributed by atoms with E-state index >= 15 is 0 Å². The second kappa shape index (κ2) is 12.2. The molecule has 2 heterocycles. The van der Waals surface area contributed by atoms with E-state index in [4.69, 9.17) is 27.2 Å². The molecule has 4 heteroatoms. The second-order valence-electron chi connectivity index (χ2n) is 10.9. The topological polar surface area (TPSA) is 51.8 Å². The van der Waals surface area contributed by atoms with E-state index in [1.807, 2.05) is 60.7 Å². The number of aromatic nitrogens is 3. The molecule has 2 aromatic heterocycles. The van der Waals surface area contributed by atoms with Gasteiger partial charge in [-0.05, 0) is 51.5 Å². The highest BCUT2D eigenvalue weighted by Crippen LogP contribution is 2.34. The normalized spacial score (nSPS) is 15.6. The van der Waals surface area contributed by atoms with Crippen LogP contribution in [0.15, 0.2) is 180 Å². The summed E-state index contributed by atoms with van der Waals surface area (Å²) in [4.78, 5) is 13.9. The lowest BCUT2D eigenvalue weighted by atomic mass is 9.98. The van der Waals surface area contributed by atoms with Crippen molar-refractivity contribution in [2.45, 2.75) is 0 Å². The minimum absolute atomic E-state index is 0.180. The molecule has 0 atom stereocenters. The van der Waals surface area contributed by atoms with Crippen LogP contribution in [-0.4, -0.2) is 15.0 Å². The van der Waals surface area contributed by atoms with Gasteiger partial charge in [-0.2, -0.15) is 0 Å². The molecule has 0 radical (unpaired) electrons. The van der Waals surface area contributed by atoms with Gasteiger partial charge in [0, 0.05) is 27.5 Å². The van der Waals surface area contributed by atoms with E-state index in [1.165, 1.54) is 0 Å². The molecule has 230 valence electrons. The number of rotatable bonds is 6. The molecule has 0 N–H and O–H groups in total. The van der Waals surface area contributed by atoms with Gasteiger partial charge in [0.05, 0.1) is 20.6 Å². The number of furan rings is 1. The average Bonchev–Trinajstić information content (AvgIpc) is 3.72. The molecule has 7 aromatic carbocycles. The third-order valence-corrected chi connectivity index (χ3v) is 7.78. The number of fused-ring (bicyclic) bond motifs is 3. The first-order valence-electron chi connectivity index (χ1n) is 22.6. The zero-order chi connectivity index (χ0) is 45.6. The Bertz CT molecular complexity index is 3380. The lowest BCUT2D eigenvalue weighted by Gasteiger charge is -2.10. The maximum absolute atomic E-state index is 9.19. The fourth-order valence-corrected chi connectivity index (χ4v) is 5.32. The van der Waals surface area contributed by atoms with Crippen molar-refractivity contribution in [3.63, 3.8) is 0 Å². The number of benzene rings is 7. The first kappa shape index (κ1) is 17.0. The number of para-hydroxylation sites is 1. The van der Waals surface area contributed by atoms with Gasteiger partial charge in [-0.1, -0.05) is 157 Å². The highest BCUT2D eigenvalue weighted by atomic mass is 16.3. The van der Waals surface area contributed by atoms with E-state index in [0.717, 1.165) is 11.1 Å². The third kappa shape index (κ3) is 5.56. The molecule has 0 aliphatic carbocycles. The highest BCUT2D eigenvalue weighted by Gasteiger charge is 2.13. The summed E-state index contributed by atoms with van der Waals surface area (Å²) in [6.07, 6.45) is 0. The van der Waals surface area contributed by atoms with Crippen molar-refractivity contribution in [3.05, 3.63) is 176 Å². The summed E-state index contributed by atoms with van der Waals surface area (Å²) in [5.41, 5.74) is -0.333. The Hall–Kier alpha value is -6.65. The molecule has 0 saturated carbocycles. The molecular weight excluding hydrogens is 599 g/mol. The monoisotopic (exact) mass is 642 g/mol. The lowest BCUT2D eigenvalue weighted by molar-refractivity contribution is 0.669. The molecule has 0 fully saturated rings. The summed E-state index contributed by atoms with van der Waals surface area (Å²) >= 11 is 0. The quantitative estimate of drug-likeness (QED) is 0.181. The van der Waals surface area contributed by atoms with Crippen LogP contribution in [0.2, 0.25) is 0 Å². The van der Waals surface area contributed by atoms with Gasteiger partial charge in [0.25, 0.3) is 0 Å². The summed E-state index contributed by atoms with van der Waals surface area (Å²) in [6, 6.07) is 15.5. The minimum Gasteiger partial charge on any atom is -0.456 e. The number of hydrogen-bond donors (Lipinski definition) is 0. The van der Waals surface area contributed by atoms with E-state index in [-0.39, 0.29) is 39.4 Å². The van der Waals surface area contributed by atoms with Crippen molar-refractivity contribution in [1.29, 1.82) is 0 Å². The van der Waals surface area contributed by atoms with Gasteiger partial charge in [-0.25, -0.2) is 15.0 Å². The Kier molecular flexibility index (Phi) is 4.21. The SMILES string of the molecule is [2H]c1c([2H])c(-c2c([2H])c([2H])c(-c3c([2H])c([2H])c4oc5c([2H])c([2H])c([2H])c([2H])c5c4c3[2H])c([2H])c2[2H])c([2H])c([2H])c1-c1nc(-c2ccccc2)nc(-c2ccc(-c3ccccc3)cc2)n1. The molecule has 0 unspecified atom stereocenters. The summed E-state index contributed by atoms with van der Waals surface area (Å²) in [7, 11) is 0. The Labute approximate surface area is 305 Å². The molecule has 0 spiro atoms. The van der Waals surface area contributed by atoms with E-state index in [0.29, 0.717) is 11.1 Å². The van der Waals surface area contributed by atoms with Crippen molar-refractivity contribution in [2.75, 3.05) is 0 Å². The van der Waals surface area contributed by atoms with E-state index in [1.54, 1.807) is 24.3 Å². The van der Waals surface area contributed by atoms with Gasteiger partial charge in [0.1, 0.15) is 11.2 Å². The molecule has 0 aliphatic rings. The van der Waals surface area contributed by atoms with Crippen LogP contribution in [0, 0.1) is 0 Å². The lowest BCUT2D eigenvalue weighted by Crippen LogP contribution is -2.00. The molecule has 0 aliphatic heterocycles. The van der Waals surface area contributed by atoms with Crippen molar-refractivity contribution in [3.8, 4) is 67.5 Å². The largest absolute Gasteiger partial charge is 0.456 e. The van der Waals surface area contributed by atoms with Crippen LogP contribution in [0.25, 0.3) is 89.5 Å². The first-order valence-corrected chi connectivity index (χ1v) is 15.1. The van der Waals surface area contributed by atoms with Crippen LogP contribution >= 0.6 is 0 Å². The predicted molar refractivity (Wildman–Crippen MR) is 200 cm³/mol. The van der Waals surface area contributed by atoms with Crippen LogP contribution in [0.3, 0.4) is 0 Å². The Balaban J connectivity index is 1.22. The summed E-state index contributed by atoms with van der Waals surface area (Å²) in [5, 5.41) is -0.561. The van der Waals surface area contributed by atoms with Crippen molar-refractivity contribution >= 4 is 21.9 Å². The first-order chi connectivity index (χ1) is 30.5. The second-order valence-corrected chi connectivity index (χ2v) is 10.9. The Morgan fingerprint density at radius 2 is 0.776 bits per heavy atom. The zero-order valence-corrected chi connectivity index (χ0v) is 25.3. The zero-order valence-electron chi connectivity index (χ0n) is 40.3. The highest BCUT2D eigenvalue weighted by molar-refractivity contribution is 6.06. The van der Waals surface area contributed by atoms with E-state index in [2.05, 4.69) is 9.97 Å². The Morgan fingerprint density at radius 3 is 1.41 bits per heavy atom. The molecule has 0 bridgehead atoms. The van der Waals surface area contributed by atoms with Crippen molar-refractivity contribution in [1.82, 2.24) is 15.0 Å². The fourth-order valence-electron chi connectivity index (χ4n) is 5.32. The van der Waals surface area contributed by atoms with Crippen LogP contribution in [0.4, 0.5) is 0 Å². The van der Waals surface area contributed by atoms with Gasteiger partial charge in [0.15, 0.2) is 17.5 Å². The summed E-state index contributed by atoms with van der Waals surface area (Å²) in [5.74, 6) is 0.169. The van der Waals surface area contributed by atoms with Gasteiger partial charge in [0.2, 0.25) is 0 Å². The molecule has 49 heavy (non-hydrogen) atoms. The fraction of sp³-hybridized carbons (Fsp3) is 0. The predicted octanol–water partition coefficient (Wildman–Crippen LogP) is 11.8. The van der Waals surface area contributed by atoms with Crippen LogP contribution < -0.4 is 0 Å². The maximum atomic E-state index is 9.19. The van der Waals surface area contributed by atoms with Gasteiger partial charge < -0.3 is 4.42 Å². The van der Waals surface area contributed by atoms with Crippen LogP contribution in [0.1, 0.15) is 20.6 Å².